The van der Waals surface area contributed by atoms with Gasteiger partial charge in [-0.25, -0.2) is 0 Å². The van der Waals surface area contributed by atoms with Crippen molar-refractivity contribution in [3.8, 4) is 0 Å². The van der Waals surface area contributed by atoms with Crippen LogP contribution >= 0.6 is 11.6 Å². The highest BCUT2D eigenvalue weighted by Gasteiger charge is 2.11. The molecule has 0 aromatic heterocycles. The van der Waals surface area contributed by atoms with Crippen LogP contribution in [-0.2, 0) is 0 Å². The molecule has 0 saturated heterocycles. The number of hydrogen-bond acceptors (Lipinski definition) is 3. The van der Waals surface area contributed by atoms with Crippen molar-refractivity contribution in [2.24, 2.45) is 10.9 Å². The summed E-state index contributed by atoms with van der Waals surface area (Å²) < 4.78 is 0. The van der Waals surface area contributed by atoms with E-state index in [2.05, 4.69) is 10.5 Å². The molecule has 4 N–H and O–H groups in total. The Morgan fingerprint density at radius 1 is 1.24 bits per heavy atom. The standard InChI is InChI=1S/C15H14ClN3O2/c1-9-12(3-2-4-13(9)16)15(20)18-11-7-5-10(6-8-11)14(17)19-21/h2-8,21H,1H3,(H2,17,19)(H,18,20). The molecule has 21 heavy (non-hydrogen) atoms. The van der Waals surface area contributed by atoms with E-state index >= 15 is 0 Å². The zero-order valence-electron chi connectivity index (χ0n) is 11.3. The lowest BCUT2D eigenvalue weighted by Gasteiger charge is -2.09. The predicted molar refractivity (Wildman–Crippen MR) is 83.1 cm³/mol. The van der Waals surface area contributed by atoms with Crippen molar-refractivity contribution in [2.75, 3.05) is 5.32 Å². The molecule has 0 bridgehead atoms. The lowest BCUT2D eigenvalue weighted by Crippen LogP contribution is -2.15. The fourth-order valence-electron chi connectivity index (χ4n) is 1.83. The van der Waals surface area contributed by atoms with Gasteiger partial charge in [-0.2, -0.15) is 0 Å². The van der Waals surface area contributed by atoms with Gasteiger partial charge in [-0.05, 0) is 48.9 Å². The Morgan fingerprint density at radius 3 is 2.52 bits per heavy atom. The molecule has 0 radical (unpaired) electrons. The second-order valence-corrected chi connectivity index (χ2v) is 4.84. The molecule has 5 nitrogen and oxygen atoms in total. The van der Waals surface area contributed by atoms with Crippen LogP contribution < -0.4 is 11.1 Å². The van der Waals surface area contributed by atoms with Gasteiger partial charge < -0.3 is 16.3 Å². The van der Waals surface area contributed by atoms with Gasteiger partial charge in [0.05, 0.1) is 0 Å². The largest absolute Gasteiger partial charge is 0.409 e. The van der Waals surface area contributed by atoms with E-state index in [4.69, 9.17) is 22.5 Å². The Hall–Kier alpha value is -2.53. The van der Waals surface area contributed by atoms with Crippen LogP contribution in [0.2, 0.25) is 5.02 Å². The van der Waals surface area contributed by atoms with Crippen molar-refractivity contribution in [1.82, 2.24) is 0 Å². The van der Waals surface area contributed by atoms with Crippen LogP contribution in [0.15, 0.2) is 47.6 Å². The molecule has 108 valence electrons. The normalized spacial score (nSPS) is 11.2. The Bertz CT molecular complexity index is 697. The molecule has 6 heteroatoms. The minimum absolute atomic E-state index is 0.0126. The quantitative estimate of drug-likeness (QED) is 0.352. The summed E-state index contributed by atoms with van der Waals surface area (Å²) in [6.45, 7) is 1.79. The summed E-state index contributed by atoms with van der Waals surface area (Å²) >= 11 is 6.00. The Balaban J connectivity index is 2.18. The highest BCUT2D eigenvalue weighted by molar-refractivity contribution is 6.32. The third-order valence-electron chi connectivity index (χ3n) is 3.06. The first kappa shape index (κ1) is 14.9. The van der Waals surface area contributed by atoms with Gasteiger partial charge in [-0.1, -0.05) is 22.8 Å². The molecule has 0 aliphatic rings. The highest BCUT2D eigenvalue weighted by atomic mass is 35.5. The van der Waals surface area contributed by atoms with E-state index in [1.807, 2.05) is 0 Å². The van der Waals surface area contributed by atoms with Gasteiger partial charge >= 0.3 is 0 Å². The molecule has 0 fully saturated rings. The fraction of sp³-hybridized carbons (Fsp3) is 0.0667. The maximum Gasteiger partial charge on any atom is 0.255 e. The first-order chi connectivity index (χ1) is 10.0. The summed E-state index contributed by atoms with van der Waals surface area (Å²) in [4.78, 5) is 12.2. The molecule has 0 atom stereocenters. The first-order valence-corrected chi connectivity index (χ1v) is 6.55. The van der Waals surface area contributed by atoms with Crippen molar-refractivity contribution in [3.05, 3.63) is 64.2 Å². The maximum absolute atomic E-state index is 12.2. The van der Waals surface area contributed by atoms with Crippen molar-refractivity contribution in [2.45, 2.75) is 6.92 Å². The van der Waals surface area contributed by atoms with E-state index < -0.39 is 0 Å². The van der Waals surface area contributed by atoms with Gasteiger partial charge in [0.1, 0.15) is 0 Å². The Labute approximate surface area is 127 Å². The molecule has 2 aromatic rings. The van der Waals surface area contributed by atoms with Gasteiger partial charge in [0.2, 0.25) is 0 Å². The van der Waals surface area contributed by atoms with E-state index in [9.17, 15) is 4.79 Å². The third-order valence-corrected chi connectivity index (χ3v) is 3.47. The Kier molecular flexibility index (Phi) is 4.45. The molecular formula is C15H14ClN3O2. The lowest BCUT2D eigenvalue weighted by atomic mass is 10.1. The number of oxime groups is 1. The van der Waals surface area contributed by atoms with Crippen LogP contribution in [0.3, 0.4) is 0 Å². The monoisotopic (exact) mass is 303 g/mol. The average molecular weight is 304 g/mol. The summed E-state index contributed by atoms with van der Waals surface area (Å²) in [7, 11) is 0. The summed E-state index contributed by atoms with van der Waals surface area (Å²) in [6.07, 6.45) is 0. The summed E-state index contributed by atoms with van der Waals surface area (Å²) in [5, 5.41) is 14.8. The van der Waals surface area contributed by atoms with Gasteiger partial charge in [-0.15, -0.1) is 0 Å². The lowest BCUT2D eigenvalue weighted by molar-refractivity contribution is 0.102. The number of carbonyl (C=O) groups excluding carboxylic acids is 1. The van der Waals surface area contributed by atoms with Crippen molar-refractivity contribution >= 4 is 29.0 Å². The van der Waals surface area contributed by atoms with Crippen LogP contribution in [0.5, 0.6) is 0 Å². The number of halogens is 1. The number of nitrogens with one attached hydrogen (secondary N) is 1. The SMILES string of the molecule is Cc1c(Cl)cccc1C(=O)Nc1ccc(/C(N)=N/O)cc1. The number of nitrogens with two attached hydrogens (primary N) is 1. The maximum atomic E-state index is 12.2. The van der Waals surface area contributed by atoms with Crippen molar-refractivity contribution in [3.63, 3.8) is 0 Å². The summed E-state index contributed by atoms with van der Waals surface area (Å²) in [5.74, 6) is -0.231. The topological polar surface area (TPSA) is 87.7 Å². The number of amidine groups is 1. The van der Waals surface area contributed by atoms with Crippen LogP contribution in [-0.4, -0.2) is 17.0 Å². The number of benzene rings is 2. The predicted octanol–water partition coefficient (Wildman–Crippen LogP) is 3.00. The van der Waals surface area contributed by atoms with E-state index in [-0.39, 0.29) is 11.7 Å². The van der Waals surface area contributed by atoms with E-state index in [1.165, 1.54) is 0 Å². The molecule has 2 rings (SSSR count). The summed E-state index contributed by atoms with van der Waals surface area (Å²) in [6, 6.07) is 11.8. The zero-order chi connectivity index (χ0) is 15.4. The smallest absolute Gasteiger partial charge is 0.255 e. The number of anilines is 1. The number of nitrogens with zero attached hydrogens (tertiary/aromatic N) is 1. The zero-order valence-corrected chi connectivity index (χ0v) is 12.1. The first-order valence-electron chi connectivity index (χ1n) is 6.17. The Morgan fingerprint density at radius 2 is 1.90 bits per heavy atom. The van der Waals surface area contributed by atoms with Gasteiger partial charge in [0.15, 0.2) is 5.84 Å². The average Bonchev–Trinajstić information content (AvgIpc) is 2.50. The molecule has 0 saturated carbocycles. The van der Waals surface area contributed by atoms with Crippen LogP contribution in [0.25, 0.3) is 0 Å². The molecule has 0 unspecified atom stereocenters. The number of amides is 1. The van der Waals surface area contributed by atoms with Crippen LogP contribution in [0, 0.1) is 6.92 Å². The molecule has 0 aliphatic carbocycles. The second kappa shape index (κ2) is 6.28. The molecular weight excluding hydrogens is 290 g/mol. The van der Waals surface area contributed by atoms with E-state index in [0.717, 1.165) is 5.56 Å². The summed E-state index contributed by atoms with van der Waals surface area (Å²) in [5.41, 5.74) is 7.88. The minimum Gasteiger partial charge on any atom is -0.409 e. The van der Waals surface area contributed by atoms with Gasteiger partial charge in [-0.3, -0.25) is 4.79 Å². The fourth-order valence-corrected chi connectivity index (χ4v) is 2.01. The molecule has 0 heterocycles. The second-order valence-electron chi connectivity index (χ2n) is 4.43. The van der Waals surface area contributed by atoms with Crippen molar-refractivity contribution < 1.29 is 10.0 Å². The molecule has 0 spiro atoms. The molecule has 2 aromatic carbocycles. The number of hydrogen-bond donors (Lipinski definition) is 3. The van der Waals surface area contributed by atoms with Crippen LogP contribution in [0.1, 0.15) is 21.5 Å². The highest BCUT2D eigenvalue weighted by Crippen LogP contribution is 2.20. The number of rotatable bonds is 3. The third kappa shape index (κ3) is 3.32. The minimum atomic E-state index is -0.244. The molecule has 0 aliphatic heterocycles. The van der Waals surface area contributed by atoms with Gasteiger partial charge in [0.25, 0.3) is 5.91 Å². The van der Waals surface area contributed by atoms with E-state index in [0.29, 0.717) is 21.8 Å². The van der Waals surface area contributed by atoms with Crippen LogP contribution in [0.4, 0.5) is 5.69 Å². The number of carbonyl (C=O) groups is 1. The van der Waals surface area contributed by atoms with Crippen molar-refractivity contribution in [1.29, 1.82) is 0 Å². The molecule has 1 amide bonds. The van der Waals surface area contributed by atoms with E-state index in [1.54, 1.807) is 49.4 Å². The van der Waals surface area contributed by atoms with Gasteiger partial charge in [0, 0.05) is 21.8 Å².